The lowest BCUT2D eigenvalue weighted by Crippen LogP contribution is -2.13. The Bertz CT molecular complexity index is 810. The van der Waals surface area contributed by atoms with E-state index >= 15 is 0 Å². The summed E-state index contributed by atoms with van der Waals surface area (Å²) >= 11 is 0. The molecule has 0 radical (unpaired) electrons. The van der Waals surface area contributed by atoms with Crippen molar-refractivity contribution >= 4 is 15.7 Å². The number of H-pyrrole nitrogens is 1. The van der Waals surface area contributed by atoms with Gasteiger partial charge in [0.15, 0.2) is 5.03 Å². The standard InChI is InChI=1S/C13H13N5O2S/c19-21(20,13-7-15-9-16-13)17-12-3-1-2-11(6-12)8-18-5-4-14-10-18/h1-7,9-10,17H,8H2,(H,15,16). The third-order valence-electron chi connectivity index (χ3n) is 2.87. The molecule has 2 aromatic heterocycles. The number of aromatic nitrogens is 4. The Morgan fingerprint density at radius 3 is 2.90 bits per heavy atom. The fraction of sp³-hybridized carbons (Fsp3) is 0.0769. The summed E-state index contributed by atoms with van der Waals surface area (Å²) in [5.74, 6) is 0. The normalized spacial score (nSPS) is 11.4. The number of aromatic amines is 1. The summed E-state index contributed by atoms with van der Waals surface area (Å²) in [6, 6.07) is 7.21. The smallest absolute Gasteiger partial charge is 0.278 e. The van der Waals surface area contributed by atoms with Gasteiger partial charge in [-0.25, -0.2) is 9.97 Å². The molecule has 0 unspecified atom stereocenters. The van der Waals surface area contributed by atoms with Crippen molar-refractivity contribution < 1.29 is 8.42 Å². The van der Waals surface area contributed by atoms with E-state index in [-0.39, 0.29) is 5.03 Å². The SMILES string of the molecule is O=S(=O)(Nc1cccc(Cn2ccnc2)c1)c1cnc[nH]1. The molecular weight excluding hydrogens is 290 g/mol. The molecule has 0 aliphatic heterocycles. The molecule has 0 saturated heterocycles. The van der Waals surface area contributed by atoms with Gasteiger partial charge in [-0.15, -0.1) is 0 Å². The second-order valence-corrected chi connectivity index (χ2v) is 6.11. The van der Waals surface area contributed by atoms with E-state index in [4.69, 9.17) is 0 Å². The van der Waals surface area contributed by atoms with Gasteiger partial charge in [0.2, 0.25) is 0 Å². The van der Waals surface area contributed by atoms with E-state index in [1.54, 1.807) is 30.7 Å². The quantitative estimate of drug-likeness (QED) is 0.746. The van der Waals surface area contributed by atoms with Gasteiger partial charge in [-0.05, 0) is 17.7 Å². The van der Waals surface area contributed by atoms with E-state index < -0.39 is 10.0 Å². The molecule has 108 valence electrons. The number of sulfonamides is 1. The van der Waals surface area contributed by atoms with E-state index in [9.17, 15) is 8.42 Å². The van der Waals surface area contributed by atoms with Gasteiger partial charge in [0.05, 0.1) is 18.9 Å². The van der Waals surface area contributed by atoms with Gasteiger partial charge in [-0.2, -0.15) is 8.42 Å². The summed E-state index contributed by atoms with van der Waals surface area (Å²) in [5.41, 5.74) is 1.47. The van der Waals surface area contributed by atoms with E-state index in [0.29, 0.717) is 12.2 Å². The number of hydrogen-bond acceptors (Lipinski definition) is 4. The van der Waals surface area contributed by atoms with E-state index in [1.165, 1.54) is 12.5 Å². The molecule has 8 heteroatoms. The Morgan fingerprint density at radius 2 is 2.19 bits per heavy atom. The maximum Gasteiger partial charge on any atom is 0.278 e. The maximum absolute atomic E-state index is 12.1. The van der Waals surface area contributed by atoms with Crippen LogP contribution in [0.15, 0.2) is 60.5 Å². The van der Waals surface area contributed by atoms with Crippen LogP contribution >= 0.6 is 0 Å². The van der Waals surface area contributed by atoms with Gasteiger partial charge in [0.1, 0.15) is 0 Å². The number of benzene rings is 1. The van der Waals surface area contributed by atoms with Crippen LogP contribution in [-0.2, 0) is 16.6 Å². The lowest BCUT2D eigenvalue weighted by Gasteiger charge is -2.08. The largest absolute Gasteiger partial charge is 0.334 e. The lowest BCUT2D eigenvalue weighted by atomic mass is 10.2. The Kier molecular flexibility index (Phi) is 3.44. The maximum atomic E-state index is 12.1. The van der Waals surface area contributed by atoms with Crippen LogP contribution in [0.5, 0.6) is 0 Å². The molecule has 0 amide bonds. The number of imidazole rings is 2. The molecule has 0 bridgehead atoms. The predicted octanol–water partition coefficient (Wildman–Crippen LogP) is 1.46. The van der Waals surface area contributed by atoms with Crippen LogP contribution in [-0.4, -0.2) is 27.9 Å². The van der Waals surface area contributed by atoms with Gasteiger partial charge < -0.3 is 9.55 Å². The first kappa shape index (κ1) is 13.4. The summed E-state index contributed by atoms with van der Waals surface area (Å²) in [7, 11) is -3.64. The Labute approximate surface area is 121 Å². The molecular formula is C13H13N5O2S. The van der Waals surface area contributed by atoms with Crippen LogP contribution in [0.3, 0.4) is 0 Å². The van der Waals surface area contributed by atoms with Crippen molar-refractivity contribution in [1.29, 1.82) is 0 Å². The minimum Gasteiger partial charge on any atom is -0.334 e. The molecule has 1 aromatic carbocycles. The third kappa shape index (κ3) is 3.11. The summed E-state index contributed by atoms with van der Waals surface area (Å²) in [6.07, 6.45) is 7.84. The second kappa shape index (κ2) is 5.41. The molecule has 3 aromatic rings. The zero-order valence-electron chi connectivity index (χ0n) is 11.0. The van der Waals surface area contributed by atoms with E-state index in [1.807, 2.05) is 16.8 Å². The minimum absolute atomic E-state index is 0.0301. The van der Waals surface area contributed by atoms with Crippen LogP contribution in [0.2, 0.25) is 0 Å². The fourth-order valence-electron chi connectivity index (χ4n) is 1.92. The van der Waals surface area contributed by atoms with Crippen LogP contribution in [0.1, 0.15) is 5.56 Å². The van der Waals surface area contributed by atoms with Crippen molar-refractivity contribution in [2.75, 3.05) is 4.72 Å². The van der Waals surface area contributed by atoms with Crippen LogP contribution in [0, 0.1) is 0 Å². The second-order valence-electron chi connectivity index (χ2n) is 4.46. The number of anilines is 1. The number of rotatable bonds is 5. The number of hydrogen-bond donors (Lipinski definition) is 2. The van der Waals surface area contributed by atoms with Gasteiger partial charge in [0.25, 0.3) is 10.0 Å². The number of nitrogens with one attached hydrogen (secondary N) is 2. The van der Waals surface area contributed by atoms with Crippen molar-refractivity contribution in [3.63, 3.8) is 0 Å². The molecule has 0 aliphatic rings. The van der Waals surface area contributed by atoms with Gasteiger partial charge in [0, 0.05) is 24.6 Å². The average molecular weight is 303 g/mol. The highest BCUT2D eigenvalue weighted by Crippen LogP contribution is 2.16. The minimum atomic E-state index is -3.64. The molecule has 0 aliphatic carbocycles. The molecule has 0 fully saturated rings. The lowest BCUT2D eigenvalue weighted by molar-refractivity contribution is 0.598. The highest BCUT2D eigenvalue weighted by molar-refractivity contribution is 7.92. The van der Waals surface area contributed by atoms with Crippen LogP contribution < -0.4 is 4.72 Å². The molecule has 0 spiro atoms. The molecule has 0 atom stereocenters. The number of nitrogens with zero attached hydrogens (tertiary/aromatic N) is 3. The molecule has 2 heterocycles. The van der Waals surface area contributed by atoms with Crippen molar-refractivity contribution in [3.8, 4) is 0 Å². The Balaban J connectivity index is 1.80. The third-order valence-corrected chi connectivity index (χ3v) is 4.17. The van der Waals surface area contributed by atoms with Crippen molar-refractivity contribution in [3.05, 3.63) is 61.1 Å². The first-order valence-corrected chi connectivity index (χ1v) is 7.68. The molecule has 0 saturated carbocycles. The van der Waals surface area contributed by atoms with E-state index in [0.717, 1.165) is 5.56 Å². The van der Waals surface area contributed by atoms with E-state index in [2.05, 4.69) is 19.7 Å². The average Bonchev–Trinajstić information content (AvgIpc) is 3.11. The molecule has 2 N–H and O–H groups in total. The van der Waals surface area contributed by atoms with Gasteiger partial charge in [-0.3, -0.25) is 4.72 Å². The molecule has 21 heavy (non-hydrogen) atoms. The highest BCUT2D eigenvalue weighted by atomic mass is 32.2. The fourth-order valence-corrected chi connectivity index (χ4v) is 2.88. The zero-order valence-corrected chi connectivity index (χ0v) is 11.8. The predicted molar refractivity (Wildman–Crippen MR) is 77.2 cm³/mol. The monoisotopic (exact) mass is 303 g/mol. The van der Waals surface area contributed by atoms with Crippen molar-refractivity contribution in [1.82, 2.24) is 19.5 Å². The Morgan fingerprint density at radius 1 is 1.29 bits per heavy atom. The topological polar surface area (TPSA) is 92.7 Å². The summed E-state index contributed by atoms with van der Waals surface area (Å²) in [6.45, 7) is 0.625. The Hall–Kier alpha value is -2.61. The van der Waals surface area contributed by atoms with Crippen molar-refractivity contribution in [2.45, 2.75) is 11.6 Å². The van der Waals surface area contributed by atoms with Crippen molar-refractivity contribution in [2.24, 2.45) is 0 Å². The van der Waals surface area contributed by atoms with Gasteiger partial charge in [-0.1, -0.05) is 12.1 Å². The van der Waals surface area contributed by atoms with Gasteiger partial charge >= 0.3 is 0 Å². The summed E-state index contributed by atoms with van der Waals surface area (Å²) in [5, 5.41) is 0.0301. The zero-order chi connectivity index (χ0) is 14.7. The molecule has 7 nitrogen and oxygen atoms in total. The van der Waals surface area contributed by atoms with Crippen LogP contribution in [0.25, 0.3) is 0 Å². The summed E-state index contributed by atoms with van der Waals surface area (Å²) < 4.78 is 28.6. The molecule has 3 rings (SSSR count). The first-order valence-electron chi connectivity index (χ1n) is 6.19. The summed E-state index contributed by atoms with van der Waals surface area (Å²) in [4.78, 5) is 10.3. The highest BCUT2D eigenvalue weighted by Gasteiger charge is 2.15. The first-order chi connectivity index (χ1) is 10.1. The van der Waals surface area contributed by atoms with Crippen LogP contribution in [0.4, 0.5) is 5.69 Å².